The first-order valence-corrected chi connectivity index (χ1v) is 5.47. The molecule has 80 valence electrons. The molecule has 6 heteroatoms. The second-order valence-corrected chi connectivity index (χ2v) is 3.89. The van der Waals surface area contributed by atoms with Crippen molar-refractivity contribution in [3.63, 3.8) is 0 Å². The standard InChI is InChI=1S/C9H11N3O2S/c1-6-2-3-7(13-6)5-15-9-12-11-8(4-10)14-9/h2-3H,4-5,10H2,1H3. The number of aromatic nitrogens is 2. The van der Waals surface area contributed by atoms with Crippen molar-refractivity contribution in [3.8, 4) is 0 Å². The van der Waals surface area contributed by atoms with Crippen molar-refractivity contribution in [2.45, 2.75) is 24.4 Å². The highest BCUT2D eigenvalue weighted by Gasteiger charge is 2.06. The van der Waals surface area contributed by atoms with Gasteiger partial charge in [-0.1, -0.05) is 11.8 Å². The summed E-state index contributed by atoms with van der Waals surface area (Å²) < 4.78 is 10.6. The second-order valence-electron chi connectivity index (χ2n) is 2.97. The lowest BCUT2D eigenvalue weighted by Gasteiger charge is -1.91. The Labute approximate surface area is 91.0 Å². The van der Waals surface area contributed by atoms with E-state index in [1.165, 1.54) is 11.8 Å². The highest BCUT2D eigenvalue weighted by molar-refractivity contribution is 7.98. The van der Waals surface area contributed by atoms with Gasteiger partial charge in [0.25, 0.3) is 5.22 Å². The van der Waals surface area contributed by atoms with Gasteiger partial charge in [0.2, 0.25) is 5.89 Å². The van der Waals surface area contributed by atoms with Crippen molar-refractivity contribution >= 4 is 11.8 Å². The van der Waals surface area contributed by atoms with Gasteiger partial charge in [0, 0.05) is 0 Å². The molecule has 2 heterocycles. The summed E-state index contributed by atoms with van der Waals surface area (Å²) in [7, 11) is 0. The molecule has 15 heavy (non-hydrogen) atoms. The fourth-order valence-corrected chi connectivity index (χ4v) is 1.75. The third-order valence-corrected chi connectivity index (χ3v) is 2.60. The Kier molecular flexibility index (Phi) is 3.08. The highest BCUT2D eigenvalue weighted by atomic mass is 32.2. The highest BCUT2D eigenvalue weighted by Crippen LogP contribution is 2.22. The Bertz CT molecular complexity index is 438. The molecule has 0 fully saturated rings. The maximum atomic E-state index is 5.40. The summed E-state index contributed by atoms with van der Waals surface area (Å²) in [5.74, 6) is 2.93. The Morgan fingerprint density at radius 2 is 2.20 bits per heavy atom. The molecule has 0 aromatic carbocycles. The molecule has 2 N–H and O–H groups in total. The molecule has 5 nitrogen and oxygen atoms in total. The second kappa shape index (κ2) is 4.50. The van der Waals surface area contributed by atoms with Crippen LogP contribution in [0.3, 0.4) is 0 Å². The van der Waals surface area contributed by atoms with Gasteiger partial charge in [-0.25, -0.2) is 0 Å². The Morgan fingerprint density at radius 1 is 1.33 bits per heavy atom. The van der Waals surface area contributed by atoms with Crippen molar-refractivity contribution in [1.82, 2.24) is 10.2 Å². The molecule has 2 aromatic rings. The minimum Gasteiger partial charge on any atom is -0.465 e. The minimum absolute atomic E-state index is 0.271. The lowest BCUT2D eigenvalue weighted by molar-refractivity contribution is 0.414. The monoisotopic (exact) mass is 225 g/mol. The zero-order valence-corrected chi connectivity index (χ0v) is 9.08. The van der Waals surface area contributed by atoms with Gasteiger partial charge in [0.05, 0.1) is 12.3 Å². The van der Waals surface area contributed by atoms with E-state index in [9.17, 15) is 0 Å². The number of furan rings is 1. The Hall–Kier alpha value is -1.27. The number of rotatable bonds is 4. The van der Waals surface area contributed by atoms with Crippen molar-refractivity contribution in [2.24, 2.45) is 5.73 Å². The quantitative estimate of drug-likeness (QED) is 0.798. The SMILES string of the molecule is Cc1ccc(CSc2nnc(CN)o2)o1. The summed E-state index contributed by atoms with van der Waals surface area (Å²) in [4.78, 5) is 0. The van der Waals surface area contributed by atoms with Gasteiger partial charge >= 0.3 is 0 Å². The van der Waals surface area contributed by atoms with E-state index in [1.54, 1.807) is 0 Å². The molecular formula is C9H11N3O2S. The zero-order chi connectivity index (χ0) is 10.7. The van der Waals surface area contributed by atoms with E-state index in [-0.39, 0.29) is 6.54 Å². The van der Waals surface area contributed by atoms with Crippen molar-refractivity contribution in [3.05, 3.63) is 29.5 Å². The van der Waals surface area contributed by atoms with Gasteiger partial charge in [-0.15, -0.1) is 10.2 Å². The molecule has 0 aliphatic rings. The summed E-state index contributed by atoms with van der Waals surface area (Å²) in [5.41, 5.74) is 5.35. The molecule has 0 spiro atoms. The van der Waals surface area contributed by atoms with Crippen LogP contribution in [0, 0.1) is 6.92 Å². The molecule has 0 aliphatic heterocycles. The molecule has 0 saturated heterocycles. The summed E-state index contributed by atoms with van der Waals surface area (Å²) in [6.45, 7) is 2.18. The van der Waals surface area contributed by atoms with E-state index in [0.717, 1.165) is 11.5 Å². The van der Waals surface area contributed by atoms with Gasteiger partial charge in [0.15, 0.2) is 0 Å². The molecular weight excluding hydrogens is 214 g/mol. The zero-order valence-electron chi connectivity index (χ0n) is 8.27. The third-order valence-electron chi connectivity index (χ3n) is 1.76. The van der Waals surface area contributed by atoms with Gasteiger partial charge in [-0.05, 0) is 19.1 Å². The fraction of sp³-hybridized carbons (Fsp3) is 0.333. The average Bonchev–Trinajstić information content (AvgIpc) is 2.83. The number of nitrogens with two attached hydrogens (primary N) is 1. The molecule has 0 atom stereocenters. The van der Waals surface area contributed by atoms with Gasteiger partial charge in [0.1, 0.15) is 11.5 Å². The Balaban J connectivity index is 1.93. The molecule has 0 amide bonds. The van der Waals surface area contributed by atoms with Crippen LogP contribution in [0.4, 0.5) is 0 Å². The number of hydrogen-bond donors (Lipinski definition) is 1. The topological polar surface area (TPSA) is 78.1 Å². The maximum absolute atomic E-state index is 5.40. The summed E-state index contributed by atoms with van der Waals surface area (Å²) >= 11 is 1.43. The van der Waals surface area contributed by atoms with E-state index in [2.05, 4.69) is 10.2 Å². The van der Waals surface area contributed by atoms with Gasteiger partial charge in [-0.3, -0.25) is 0 Å². The van der Waals surface area contributed by atoms with E-state index in [0.29, 0.717) is 16.9 Å². The average molecular weight is 225 g/mol. The largest absolute Gasteiger partial charge is 0.465 e. The molecule has 0 radical (unpaired) electrons. The molecule has 0 unspecified atom stereocenters. The molecule has 2 aromatic heterocycles. The minimum atomic E-state index is 0.271. The van der Waals surface area contributed by atoms with Crippen molar-refractivity contribution in [1.29, 1.82) is 0 Å². The van der Waals surface area contributed by atoms with E-state index >= 15 is 0 Å². The van der Waals surface area contributed by atoms with Crippen LogP contribution in [0.1, 0.15) is 17.4 Å². The fourth-order valence-electron chi connectivity index (χ4n) is 1.07. The summed E-state index contributed by atoms with van der Waals surface area (Å²) in [6, 6.07) is 3.86. The van der Waals surface area contributed by atoms with Crippen LogP contribution in [0.25, 0.3) is 0 Å². The first kappa shape index (κ1) is 10.3. The lowest BCUT2D eigenvalue weighted by atomic mass is 10.5. The number of thioether (sulfide) groups is 1. The van der Waals surface area contributed by atoms with Gasteiger partial charge in [-0.2, -0.15) is 0 Å². The van der Waals surface area contributed by atoms with Crippen molar-refractivity contribution in [2.75, 3.05) is 0 Å². The van der Waals surface area contributed by atoms with Crippen LogP contribution in [0.15, 0.2) is 26.2 Å². The smallest absolute Gasteiger partial charge is 0.277 e. The van der Waals surface area contributed by atoms with Crippen LogP contribution in [-0.2, 0) is 12.3 Å². The molecule has 0 aliphatic carbocycles. The molecule has 0 bridgehead atoms. The normalized spacial score (nSPS) is 10.8. The van der Waals surface area contributed by atoms with Gasteiger partial charge < -0.3 is 14.6 Å². The number of aryl methyl sites for hydroxylation is 1. The maximum Gasteiger partial charge on any atom is 0.277 e. The van der Waals surface area contributed by atoms with E-state index in [1.807, 2.05) is 19.1 Å². The van der Waals surface area contributed by atoms with E-state index < -0.39 is 0 Å². The predicted octanol–water partition coefficient (Wildman–Crippen LogP) is 1.72. The first-order valence-electron chi connectivity index (χ1n) is 4.48. The summed E-state index contributed by atoms with van der Waals surface area (Å²) in [5, 5.41) is 8.11. The Morgan fingerprint density at radius 3 is 2.80 bits per heavy atom. The predicted molar refractivity (Wildman–Crippen MR) is 55.2 cm³/mol. The van der Waals surface area contributed by atoms with Crippen LogP contribution in [0.5, 0.6) is 0 Å². The molecule has 2 rings (SSSR count). The van der Waals surface area contributed by atoms with Crippen molar-refractivity contribution < 1.29 is 8.83 Å². The summed E-state index contributed by atoms with van der Waals surface area (Å²) in [6.07, 6.45) is 0. The first-order chi connectivity index (χ1) is 7.28. The van der Waals surface area contributed by atoms with Crippen LogP contribution in [-0.4, -0.2) is 10.2 Å². The van der Waals surface area contributed by atoms with Crippen LogP contribution < -0.4 is 5.73 Å². The molecule has 0 saturated carbocycles. The van der Waals surface area contributed by atoms with Crippen LogP contribution >= 0.6 is 11.8 Å². The van der Waals surface area contributed by atoms with Crippen LogP contribution in [0.2, 0.25) is 0 Å². The number of hydrogen-bond acceptors (Lipinski definition) is 6. The third kappa shape index (κ3) is 2.60. The van der Waals surface area contributed by atoms with E-state index in [4.69, 9.17) is 14.6 Å². The lowest BCUT2D eigenvalue weighted by Crippen LogP contribution is -1.95. The number of nitrogens with zero attached hydrogens (tertiary/aromatic N) is 2.